The van der Waals surface area contributed by atoms with Gasteiger partial charge in [-0.2, -0.15) is 5.10 Å². The van der Waals surface area contributed by atoms with Crippen molar-refractivity contribution < 1.29 is 4.74 Å². The fraction of sp³-hybridized carbons (Fsp3) is 0.429. The minimum Gasteiger partial charge on any atom is -0.376 e. The quantitative estimate of drug-likeness (QED) is 0.702. The maximum Gasteiger partial charge on any atom is 0.112 e. The van der Waals surface area contributed by atoms with Crippen molar-refractivity contribution in [3.05, 3.63) is 72.1 Å². The lowest BCUT2D eigenvalue weighted by atomic mass is 9.88. The van der Waals surface area contributed by atoms with E-state index in [4.69, 9.17) is 4.74 Å². The summed E-state index contributed by atoms with van der Waals surface area (Å²) in [4.78, 5) is 4.66. The van der Waals surface area contributed by atoms with Gasteiger partial charge in [-0.05, 0) is 32.3 Å². The van der Waals surface area contributed by atoms with Gasteiger partial charge < -0.3 is 9.30 Å². The largest absolute Gasteiger partial charge is 0.376 e. The maximum absolute atomic E-state index is 5.86. The van der Waals surface area contributed by atoms with Gasteiger partial charge in [0.15, 0.2) is 0 Å². The van der Waals surface area contributed by atoms with E-state index < -0.39 is 0 Å². The molecule has 1 saturated heterocycles. The van der Waals surface area contributed by atoms with Gasteiger partial charge in [-0.3, -0.25) is 4.68 Å². The highest BCUT2D eigenvalue weighted by atomic mass is 16.5. The van der Waals surface area contributed by atoms with Crippen LogP contribution in [0.15, 0.2) is 55.1 Å². The molecule has 0 spiro atoms. The van der Waals surface area contributed by atoms with Gasteiger partial charge in [0.05, 0.1) is 24.9 Å². The van der Waals surface area contributed by atoms with Crippen LogP contribution in [0.2, 0.25) is 0 Å². The van der Waals surface area contributed by atoms with E-state index in [1.165, 1.54) is 11.1 Å². The number of rotatable bonds is 5. The maximum atomic E-state index is 5.86. The molecule has 4 rings (SSSR count). The summed E-state index contributed by atoms with van der Waals surface area (Å²) in [5.41, 5.74) is 2.39. The van der Waals surface area contributed by atoms with Crippen molar-refractivity contribution in [1.29, 1.82) is 0 Å². The van der Waals surface area contributed by atoms with Gasteiger partial charge in [0.25, 0.3) is 0 Å². The van der Waals surface area contributed by atoms with E-state index in [1.54, 1.807) is 0 Å². The number of ether oxygens (including phenoxy) is 1. The minimum atomic E-state index is -0.0692. The number of hydrogen-bond donors (Lipinski definition) is 0. The third kappa shape index (κ3) is 3.88. The monoisotopic (exact) mass is 350 g/mol. The molecule has 1 aliphatic heterocycles. The van der Waals surface area contributed by atoms with Gasteiger partial charge in [-0.15, -0.1) is 0 Å². The first-order valence-corrected chi connectivity index (χ1v) is 9.29. The van der Waals surface area contributed by atoms with Gasteiger partial charge in [0.2, 0.25) is 0 Å². The molecular weight excluding hydrogens is 324 g/mol. The van der Waals surface area contributed by atoms with E-state index in [0.717, 1.165) is 38.4 Å². The standard InChI is InChI=1S/C21H26N4O/c1-21(2)12-19(8-11-26-21)20-22-9-10-24(20)14-18-13-23-25(16-18)15-17-6-4-3-5-7-17/h3-7,9-10,13,16,19H,8,11-12,14-15H2,1-2H3/t19-/m1/s1. The summed E-state index contributed by atoms with van der Waals surface area (Å²) in [5, 5.41) is 4.52. The van der Waals surface area contributed by atoms with Crippen LogP contribution in [0.5, 0.6) is 0 Å². The lowest BCUT2D eigenvalue weighted by Gasteiger charge is -2.35. The Bertz CT molecular complexity index is 850. The van der Waals surface area contributed by atoms with E-state index in [0.29, 0.717) is 5.92 Å². The fourth-order valence-corrected chi connectivity index (χ4v) is 3.81. The summed E-state index contributed by atoms with van der Waals surface area (Å²) in [7, 11) is 0. The van der Waals surface area contributed by atoms with Gasteiger partial charge in [0.1, 0.15) is 5.82 Å². The third-order valence-electron chi connectivity index (χ3n) is 5.04. The summed E-state index contributed by atoms with van der Waals surface area (Å²) in [6.45, 7) is 6.74. The van der Waals surface area contributed by atoms with Crippen LogP contribution in [0.3, 0.4) is 0 Å². The zero-order valence-electron chi connectivity index (χ0n) is 15.5. The van der Waals surface area contributed by atoms with Crippen molar-refractivity contribution in [3.8, 4) is 0 Å². The van der Waals surface area contributed by atoms with Crippen LogP contribution in [0.1, 0.15) is 49.6 Å². The molecule has 0 bridgehead atoms. The molecule has 3 heterocycles. The second-order valence-electron chi connectivity index (χ2n) is 7.74. The lowest BCUT2D eigenvalue weighted by molar-refractivity contribution is -0.0606. The lowest BCUT2D eigenvalue weighted by Crippen LogP contribution is -2.34. The Labute approximate surface area is 154 Å². The Balaban J connectivity index is 1.46. The summed E-state index contributed by atoms with van der Waals surface area (Å²) in [6.07, 6.45) is 10.1. The molecule has 1 fully saturated rings. The Hall–Kier alpha value is -2.40. The van der Waals surface area contributed by atoms with Gasteiger partial charge in [-0.1, -0.05) is 30.3 Å². The average Bonchev–Trinajstić information content (AvgIpc) is 3.25. The number of hydrogen-bond acceptors (Lipinski definition) is 3. The Morgan fingerprint density at radius 1 is 1.15 bits per heavy atom. The van der Waals surface area contributed by atoms with E-state index in [1.807, 2.05) is 23.1 Å². The highest BCUT2D eigenvalue weighted by Crippen LogP contribution is 2.34. The SMILES string of the molecule is CC1(C)C[C@H](c2nccn2Cc2cnn(Cc3ccccc3)c2)CCO1. The predicted octanol–water partition coefficient (Wildman–Crippen LogP) is 3.85. The Kier molecular flexibility index (Phi) is 4.64. The highest BCUT2D eigenvalue weighted by Gasteiger charge is 2.31. The molecule has 1 atom stereocenters. The molecule has 0 saturated carbocycles. The predicted molar refractivity (Wildman–Crippen MR) is 101 cm³/mol. The van der Waals surface area contributed by atoms with Crippen molar-refractivity contribution in [3.63, 3.8) is 0 Å². The summed E-state index contributed by atoms with van der Waals surface area (Å²) >= 11 is 0. The van der Waals surface area contributed by atoms with E-state index in [9.17, 15) is 0 Å². The molecule has 0 aliphatic carbocycles. The van der Waals surface area contributed by atoms with Crippen LogP contribution in [-0.2, 0) is 17.8 Å². The van der Waals surface area contributed by atoms with E-state index in [2.05, 4.69) is 65.2 Å². The minimum absolute atomic E-state index is 0.0692. The second kappa shape index (κ2) is 7.08. The molecule has 0 N–H and O–H groups in total. The van der Waals surface area contributed by atoms with Crippen LogP contribution < -0.4 is 0 Å². The van der Waals surface area contributed by atoms with Crippen molar-refractivity contribution >= 4 is 0 Å². The molecule has 0 unspecified atom stereocenters. The normalized spacial score (nSPS) is 19.5. The molecule has 3 aromatic rings. The van der Waals surface area contributed by atoms with Crippen LogP contribution in [0.4, 0.5) is 0 Å². The molecule has 5 heteroatoms. The average molecular weight is 350 g/mol. The molecular formula is C21H26N4O. The first-order valence-electron chi connectivity index (χ1n) is 9.29. The number of aromatic nitrogens is 4. The van der Waals surface area contributed by atoms with Crippen molar-refractivity contribution in [2.45, 2.75) is 51.3 Å². The zero-order chi connectivity index (χ0) is 18.0. The first kappa shape index (κ1) is 17.0. The fourth-order valence-electron chi connectivity index (χ4n) is 3.81. The van der Waals surface area contributed by atoms with E-state index in [-0.39, 0.29) is 5.60 Å². The molecule has 2 aromatic heterocycles. The molecule has 1 aromatic carbocycles. The number of nitrogens with zero attached hydrogens (tertiary/aromatic N) is 4. The summed E-state index contributed by atoms with van der Waals surface area (Å²) < 4.78 is 10.1. The van der Waals surface area contributed by atoms with Crippen LogP contribution in [-0.4, -0.2) is 31.5 Å². The van der Waals surface area contributed by atoms with Crippen molar-refractivity contribution in [1.82, 2.24) is 19.3 Å². The number of benzene rings is 1. The zero-order valence-corrected chi connectivity index (χ0v) is 15.5. The van der Waals surface area contributed by atoms with Crippen molar-refractivity contribution in [2.75, 3.05) is 6.61 Å². The molecule has 5 nitrogen and oxygen atoms in total. The second-order valence-corrected chi connectivity index (χ2v) is 7.74. The van der Waals surface area contributed by atoms with Crippen molar-refractivity contribution in [2.24, 2.45) is 0 Å². The summed E-state index contributed by atoms with van der Waals surface area (Å²) in [5.74, 6) is 1.62. The highest BCUT2D eigenvalue weighted by molar-refractivity contribution is 5.16. The first-order chi connectivity index (χ1) is 12.6. The van der Waals surface area contributed by atoms with Crippen LogP contribution in [0, 0.1) is 0 Å². The van der Waals surface area contributed by atoms with Gasteiger partial charge >= 0.3 is 0 Å². The molecule has 0 amide bonds. The summed E-state index contributed by atoms with van der Waals surface area (Å²) in [6, 6.07) is 10.4. The van der Waals surface area contributed by atoms with Gasteiger partial charge in [0, 0.05) is 36.7 Å². The van der Waals surface area contributed by atoms with E-state index >= 15 is 0 Å². The smallest absolute Gasteiger partial charge is 0.112 e. The van der Waals surface area contributed by atoms with Crippen LogP contribution >= 0.6 is 0 Å². The third-order valence-corrected chi connectivity index (χ3v) is 5.04. The molecule has 1 aliphatic rings. The molecule has 26 heavy (non-hydrogen) atoms. The Morgan fingerprint density at radius 3 is 2.81 bits per heavy atom. The molecule has 136 valence electrons. The van der Waals surface area contributed by atoms with Crippen LogP contribution in [0.25, 0.3) is 0 Å². The number of imidazole rings is 1. The topological polar surface area (TPSA) is 44.9 Å². The van der Waals surface area contributed by atoms with Gasteiger partial charge in [-0.25, -0.2) is 4.98 Å². The Morgan fingerprint density at radius 2 is 2.00 bits per heavy atom. The molecule has 0 radical (unpaired) electrons.